The fraction of sp³-hybridized carbons (Fsp3) is 0.222. The van der Waals surface area contributed by atoms with Crippen molar-refractivity contribution in [3.63, 3.8) is 0 Å². The fourth-order valence-electron chi connectivity index (χ4n) is 1.42. The van der Waals surface area contributed by atoms with Crippen LogP contribution in [0.3, 0.4) is 0 Å². The molecule has 0 N–H and O–H groups in total. The van der Waals surface area contributed by atoms with E-state index in [1.54, 1.807) is 0 Å². The minimum absolute atomic E-state index is 0.0146. The summed E-state index contributed by atoms with van der Waals surface area (Å²) in [5, 5.41) is 0. The van der Waals surface area contributed by atoms with Crippen molar-refractivity contribution in [3.05, 3.63) is 17.7 Å². The lowest BCUT2D eigenvalue weighted by molar-refractivity contribution is 0.0930. The molecular formula is C9H6F2O2S2. The van der Waals surface area contributed by atoms with Crippen LogP contribution in [-0.4, -0.2) is 12.4 Å². The SMILES string of the molecule is O=C1CCOc2c(SF)cc(SF)cc21. The van der Waals surface area contributed by atoms with Crippen LogP contribution >= 0.6 is 24.3 Å². The number of carbonyl (C=O) groups is 1. The molecule has 1 aliphatic rings. The molecule has 1 aromatic rings. The second-order valence-electron chi connectivity index (χ2n) is 2.97. The molecule has 2 nitrogen and oxygen atoms in total. The Morgan fingerprint density at radius 3 is 2.73 bits per heavy atom. The van der Waals surface area contributed by atoms with Crippen molar-refractivity contribution in [2.75, 3.05) is 6.61 Å². The smallest absolute Gasteiger partial charge is 0.170 e. The van der Waals surface area contributed by atoms with E-state index in [0.717, 1.165) is 0 Å². The second kappa shape index (κ2) is 4.40. The first-order valence-corrected chi connectivity index (χ1v) is 5.61. The van der Waals surface area contributed by atoms with Gasteiger partial charge < -0.3 is 4.74 Å². The van der Waals surface area contributed by atoms with Gasteiger partial charge in [-0.1, -0.05) is 0 Å². The van der Waals surface area contributed by atoms with Crippen LogP contribution in [0.25, 0.3) is 0 Å². The number of hydrogen-bond donors (Lipinski definition) is 0. The van der Waals surface area contributed by atoms with Crippen molar-refractivity contribution in [3.8, 4) is 5.75 Å². The van der Waals surface area contributed by atoms with E-state index < -0.39 is 0 Å². The molecule has 0 atom stereocenters. The maximum absolute atomic E-state index is 12.6. The average Bonchev–Trinajstić information content (AvgIpc) is 2.28. The number of rotatable bonds is 2. The number of carbonyl (C=O) groups excluding carboxylic acids is 1. The van der Waals surface area contributed by atoms with Crippen LogP contribution in [0.15, 0.2) is 21.9 Å². The number of benzene rings is 1. The average molecular weight is 248 g/mol. The highest BCUT2D eigenvalue weighted by Gasteiger charge is 2.23. The fourth-order valence-corrected chi connectivity index (χ4v) is 2.23. The van der Waals surface area contributed by atoms with Gasteiger partial charge in [0.2, 0.25) is 0 Å². The minimum atomic E-state index is -0.137. The van der Waals surface area contributed by atoms with Crippen molar-refractivity contribution in [2.24, 2.45) is 0 Å². The summed E-state index contributed by atoms with van der Waals surface area (Å²) >= 11 is -0.0568. The van der Waals surface area contributed by atoms with Crippen LogP contribution < -0.4 is 4.74 Å². The van der Waals surface area contributed by atoms with Crippen molar-refractivity contribution < 1.29 is 17.3 Å². The molecule has 1 heterocycles. The van der Waals surface area contributed by atoms with E-state index in [9.17, 15) is 12.6 Å². The highest BCUT2D eigenvalue weighted by Crippen LogP contribution is 2.39. The minimum Gasteiger partial charge on any atom is -0.491 e. The van der Waals surface area contributed by atoms with Crippen molar-refractivity contribution in [1.82, 2.24) is 0 Å². The highest BCUT2D eigenvalue weighted by molar-refractivity contribution is 7.95. The summed E-state index contributed by atoms with van der Waals surface area (Å²) in [5.74, 6) is 0.0963. The van der Waals surface area contributed by atoms with E-state index in [2.05, 4.69) is 0 Å². The summed E-state index contributed by atoms with van der Waals surface area (Å²) in [6.07, 6.45) is 0.254. The summed E-state index contributed by atoms with van der Waals surface area (Å²) in [4.78, 5) is 11.8. The Labute approximate surface area is 94.0 Å². The second-order valence-corrected chi connectivity index (χ2v) is 4.19. The molecule has 1 aromatic carbocycles. The Hall–Kier alpha value is -0.750. The lowest BCUT2D eigenvalue weighted by Crippen LogP contribution is -2.15. The molecule has 0 radical (unpaired) electrons. The van der Waals surface area contributed by atoms with Crippen LogP contribution in [0.2, 0.25) is 0 Å². The van der Waals surface area contributed by atoms with Gasteiger partial charge in [0.15, 0.2) is 5.78 Å². The quantitative estimate of drug-likeness (QED) is 0.798. The summed E-state index contributed by atoms with van der Waals surface area (Å²) in [6.45, 7) is 0.251. The van der Waals surface area contributed by atoms with E-state index in [-0.39, 0.29) is 64.2 Å². The predicted octanol–water partition coefficient (Wildman–Crippen LogP) is 3.61. The summed E-state index contributed by atoms with van der Waals surface area (Å²) in [7, 11) is 0. The van der Waals surface area contributed by atoms with E-state index in [1.807, 2.05) is 0 Å². The summed E-state index contributed by atoms with van der Waals surface area (Å²) < 4.78 is 30.1. The van der Waals surface area contributed by atoms with Gasteiger partial charge in [-0.05, 0) is 12.1 Å². The zero-order valence-corrected chi connectivity index (χ0v) is 9.09. The van der Waals surface area contributed by atoms with Gasteiger partial charge in [-0.2, -0.15) is 7.77 Å². The number of fused-ring (bicyclic) bond motifs is 1. The lowest BCUT2D eigenvalue weighted by atomic mass is 10.1. The number of hydrogen-bond acceptors (Lipinski definition) is 4. The molecule has 80 valence electrons. The standard InChI is InChI=1S/C9H6F2O2S2/c10-14-5-3-6-7(12)1-2-13-9(6)8(4-5)15-11/h3-4H,1-2H2. The first kappa shape index (κ1) is 10.8. The highest BCUT2D eigenvalue weighted by atomic mass is 32.2. The van der Waals surface area contributed by atoms with Gasteiger partial charge in [0.1, 0.15) is 5.75 Å². The molecule has 6 heteroatoms. The third-order valence-corrected chi connectivity index (χ3v) is 2.96. The largest absolute Gasteiger partial charge is 0.491 e. The van der Waals surface area contributed by atoms with Gasteiger partial charge in [-0.15, -0.1) is 0 Å². The molecule has 0 saturated carbocycles. The maximum atomic E-state index is 12.6. The van der Waals surface area contributed by atoms with Gasteiger partial charge >= 0.3 is 0 Å². The molecule has 0 unspecified atom stereocenters. The summed E-state index contributed by atoms with van der Waals surface area (Å²) in [5.41, 5.74) is 0.268. The molecule has 0 aromatic heterocycles. The van der Waals surface area contributed by atoms with Crippen LogP contribution in [0.5, 0.6) is 5.75 Å². The number of ketones is 1. The lowest BCUT2D eigenvalue weighted by Gasteiger charge is -2.18. The summed E-state index contributed by atoms with van der Waals surface area (Å²) in [6, 6.07) is 2.72. The molecule has 0 aliphatic carbocycles. The van der Waals surface area contributed by atoms with Gasteiger partial charge in [0, 0.05) is 11.3 Å². The molecule has 0 bridgehead atoms. The van der Waals surface area contributed by atoms with Gasteiger partial charge in [-0.3, -0.25) is 4.79 Å². The Bertz CT molecular complexity index is 409. The third kappa shape index (κ3) is 1.96. The van der Waals surface area contributed by atoms with Crippen LogP contribution in [0.1, 0.15) is 16.8 Å². The molecule has 0 spiro atoms. The molecule has 1 aliphatic heterocycles. The topological polar surface area (TPSA) is 26.3 Å². The molecule has 15 heavy (non-hydrogen) atoms. The number of ether oxygens (including phenoxy) is 1. The van der Waals surface area contributed by atoms with E-state index in [1.165, 1.54) is 12.1 Å². The van der Waals surface area contributed by atoms with E-state index in [0.29, 0.717) is 0 Å². The van der Waals surface area contributed by atoms with E-state index >= 15 is 0 Å². The first-order valence-electron chi connectivity index (χ1n) is 4.17. The van der Waals surface area contributed by atoms with Crippen LogP contribution in [0, 0.1) is 0 Å². The molecular weight excluding hydrogens is 242 g/mol. The molecule has 0 saturated heterocycles. The predicted molar refractivity (Wildman–Crippen MR) is 54.8 cm³/mol. The number of Topliss-reactive ketones (excluding diaryl/α,β-unsaturated/α-hetero) is 1. The molecule has 0 amide bonds. The van der Waals surface area contributed by atoms with Crippen molar-refractivity contribution in [1.29, 1.82) is 0 Å². The Morgan fingerprint density at radius 1 is 1.27 bits per heavy atom. The monoisotopic (exact) mass is 248 g/mol. The third-order valence-electron chi connectivity index (χ3n) is 2.08. The Kier molecular flexibility index (Phi) is 3.16. The Morgan fingerprint density at radius 2 is 2.07 bits per heavy atom. The maximum Gasteiger partial charge on any atom is 0.170 e. The zero-order chi connectivity index (χ0) is 10.8. The van der Waals surface area contributed by atoms with E-state index in [4.69, 9.17) is 4.74 Å². The van der Waals surface area contributed by atoms with Gasteiger partial charge in [-0.25, -0.2) is 0 Å². The van der Waals surface area contributed by atoms with Crippen molar-refractivity contribution >= 4 is 30.1 Å². The molecule has 0 fully saturated rings. The van der Waals surface area contributed by atoms with Gasteiger partial charge in [0.25, 0.3) is 0 Å². The first-order chi connectivity index (χ1) is 7.26. The van der Waals surface area contributed by atoms with Crippen LogP contribution in [0.4, 0.5) is 7.77 Å². The Balaban J connectivity index is 2.57. The zero-order valence-electron chi connectivity index (χ0n) is 7.46. The van der Waals surface area contributed by atoms with Gasteiger partial charge in [0.05, 0.1) is 41.4 Å². The van der Waals surface area contributed by atoms with Crippen molar-refractivity contribution in [2.45, 2.75) is 16.2 Å². The normalized spacial score (nSPS) is 14.7. The number of halogens is 2. The van der Waals surface area contributed by atoms with Crippen LogP contribution in [-0.2, 0) is 0 Å². The molecule has 2 rings (SSSR count).